The summed E-state index contributed by atoms with van der Waals surface area (Å²) in [6.45, 7) is 3.49. The van der Waals surface area contributed by atoms with E-state index in [1.165, 1.54) is 4.88 Å². The third-order valence-electron chi connectivity index (χ3n) is 3.06. The molecule has 1 unspecified atom stereocenters. The molecule has 1 aliphatic rings. The summed E-state index contributed by atoms with van der Waals surface area (Å²) in [7, 11) is 0. The Bertz CT molecular complexity index is 587. The topological polar surface area (TPSA) is 47.0 Å². The zero-order chi connectivity index (χ0) is 13.2. The summed E-state index contributed by atoms with van der Waals surface area (Å²) in [5.74, 6) is 0.692. The van der Waals surface area contributed by atoms with Crippen LogP contribution in [0.25, 0.3) is 0 Å². The number of nitrogens with one attached hydrogen (secondary N) is 1. The molecule has 1 N–H and O–H groups in total. The van der Waals surface area contributed by atoms with Crippen molar-refractivity contribution in [2.24, 2.45) is 0 Å². The summed E-state index contributed by atoms with van der Waals surface area (Å²) in [6.07, 6.45) is 2.73. The molecule has 1 aliphatic heterocycles. The summed E-state index contributed by atoms with van der Waals surface area (Å²) < 4.78 is 6.52. The number of aromatic nitrogens is 2. The number of hydrogen-bond acceptors (Lipinski definition) is 5. The molecule has 0 amide bonds. The van der Waals surface area contributed by atoms with E-state index in [0.717, 1.165) is 28.1 Å². The Morgan fingerprint density at radius 1 is 1.47 bits per heavy atom. The maximum Gasteiger partial charge on any atom is 0.223 e. The van der Waals surface area contributed by atoms with Crippen molar-refractivity contribution in [3.63, 3.8) is 0 Å². The minimum Gasteiger partial charge on any atom is -0.376 e. The molecular weight excluding hydrogens is 326 g/mol. The van der Waals surface area contributed by atoms with Gasteiger partial charge in [0.05, 0.1) is 28.7 Å². The Morgan fingerprint density at radius 2 is 2.37 bits per heavy atom. The number of rotatable bonds is 3. The van der Waals surface area contributed by atoms with Crippen LogP contribution in [0.5, 0.6) is 0 Å². The van der Waals surface area contributed by atoms with Crippen molar-refractivity contribution in [2.45, 2.75) is 26.0 Å². The largest absolute Gasteiger partial charge is 0.376 e. The standard InChI is InChI=1S/C13H14BrN3OS/c1-8(11-2-3-12(14)19-11)16-13-15-6-9-7-18-5-4-10(9)17-13/h2-3,6,8H,4-5,7H2,1H3,(H,15,16,17). The fourth-order valence-corrected chi connectivity index (χ4v) is 3.45. The van der Waals surface area contributed by atoms with Gasteiger partial charge in [0, 0.05) is 23.1 Å². The minimum absolute atomic E-state index is 0.203. The number of halogens is 1. The normalized spacial score (nSPS) is 15.9. The number of fused-ring (bicyclic) bond motifs is 1. The van der Waals surface area contributed by atoms with Crippen molar-refractivity contribution >= 4 is 33.2 Å². The highest BCUT2D eigenvalue weighted by atomic mass is 79.9. The van der Waals surface area contributed by atoms with Crippen molar-refractivity contribution in [1.29, 1.82) is 0 Å². The van der Waals surface area contributed by atoms with E-state index in [1.807, 2.05) is 6.20 Å². The molecule has 0 aliphatic carbocycles. The summed E-state index contributed by atoms with van der Waals surface area (Å²) in [5, 5.41) is 3.35. The highest BCUT2D eigenvalue weighted by Gasteiger charge is 2.14. The monoisotopic (exact) mass is 339 g/mol. The lowest BCUT2D eigenvalue weighted by Gasteiger charge is -2.17. The Hall–Kier alpha value is -0.980. The highest BCUT2D eigenvalue weighted by molar-refractivity contribution is 9.11. The maximum absolute atomic E-state index is 5.39. The van der Waals surface area contributed by atoms with E-state index in [-0.39, 0.29) is 6.04 Å². The lowest BCUT2D eigenvalue weighted by Crippen LogP contribution is -2.15. The molecule has 19 heavy (non-hydrogen) atoms. The first-order valence-electron chi connectivity index (χ1n) is 6.16. The third-order valence-corrected chi connectivity index (χ3v) is 4.87. The highest BCUT2D eigenvalue weighted by Crippen LogP contribution is 2.28. The molecule has 0 saturated heterocycles. The van der Waals surface area contributed by atoms with Gasteiger partial charge in [0.25, 0.3) is 0 Å². The molecule has 0 fully saturated rings. The van der Waals surface area contributed by atoms with Crippen LogP contribution in [-0.4, -0.2) is 16.6 Å². The van der Waals surface area contributed by atoms with Gasteiger partial charge in [-0.1, -0.05) is 0 Å². The van der Waals surface area contributed by atoms with E-state index in [9.17, 15) is 0 Å². The van der Waals surface area contributed by atoms with Crippen LogP contribution in [0.2, 0.25) is 0 Å². The predicted octanol–water partition coefficient (Wildman–Crippen LogP) is 3.55. The molecule has 2 aromatic heterocycles. The van der Waals surface area contributed by atoms with Crippen molar-refractivity contribution in [1.82, 2.24) is 9.97 Å². The van der Waals surface area contributed by atoms with Crippen molar-refractivity contribution < 1.29 is 4.74 Å². The van der Waals surface area contributed by atoms with Crippen LogP contribution >= 0.6 is 27.3 Å². The second-order valence-electron chi connectivity index (χ2n) is 4.48. The van der Waals surface area contributed by atoms with Gasteiger partial charge in [-0.05, 0) is 35.0 Å². The van der Waals surface area contributed by atoms with E-state index >= 15 is 0 Å². The van der Waals surface area contributed by atoms with Gasteiger partial charge < -0.3 is 10.1 Å². The van der Waals surface area contributed by atoms with Gasteiger partial charge in [-0.15, -0.1) is 11.3 Å². The SMILES string of the molecule is CC(Nc1ncc2c(n1)CCOC2)c1ccc(Br)s1. The number of hydrogen-bond donors (Lipinski definition) is 1. The molecule has 0 spiro atoms. The second kappa shape index (κ2) is 5.56. The van der Waals surface area contributed by atoms with Gasteiger partial charge in [0.2, 0.25) is 5.95 Å². The van der Waals surface area contributed by atoms with Gasteiger partial charge in [-0.2, -0.15) is 0 Å². The van der Waals surface area contributed by atoms with Crippen LogP contribution in [0.4, 0.5) is 5.95 Å². The lowest BCUT2D eigenvalue weighted by atomic mass is 10.1. The molecule has 0 aromatic carbocycles. The summed E-state index contributed by atoms with van der Waals surface area (Å²) in [4.78, 5) is 10.2. The van der Waals surface area contributed by atoms with Crippen molar-refractivity contribution in [2.75, 3.05) is 11.9 Å². The number of ether oxygens (including phenoxy) is 1. The minimum atomic E-state index is 0.203. The molecule has 4 nitrogen and oxygen atoms in total. The molecule has 3 rings (SSSR count). The summed E-state index contributed by atoms with van der Waals surface area (Å²) in [5.41, 5.74) is 2.20. The van der Waals surface area contributed by atoms with Gasteiger partial charge in [0.15, 0.2) is 0 Å². The third kappa shape index (κ3) is 2.96. The summed E-state index contributed by atoms with van der Waals surface area (Å²) >= 11 is 5.20. The first-order valence-corrected chi connectivity index (χ1v) is 7.77. The zero-order valence-electron chi connectivity index (χ0n) is 10.5. The molecule has 0 saturated carbocycles. The van der Waals surface area contributed by atoms with Crippen molar-refractivity contribution in [3.05, 3.63) is 38.3 Å². The molecule has 0 bridgehead atoms. The fourth-order valence-electron chi connectivity index (χ4n) is 2.03. The molecule has 3 heterocycles. The molecule has 6 heteroatoms. The van der Waals surface area contributed by atoms with Gasteiger partial charge in [-0.3, -0.25) is 0 Å². The van der Waals surface area contributed by atoms with Crippen LogP contribution in [-0.2, 0) is 17.8 Å². The predicted molar refractivity (Wildman–Crippen MR) is 79.4 cm³/mol. The Kier molecular flexibility index (Phi) is 3.81. The summed E-state index contributed by atoms with van der Waals surface area (Å²) in [6, 6.07) is 4.37. The number of anilines is 1. The van der Waals surface area contributed by atoms with E-state index < -0.39 is 0 Å². The van der Waals surface area contributed by atoms with Crippen LogP contribution in [0.15, 0.2) is 22.1 Å². The maximum atomic E-state index is 5.39. The molecule has 1 atom stereocenters. The van der Waals surface area contributed by atoms with Crippen molar-refractivity contribution in [3.8, 4) is 0 Å². The zero-order valence-corrected chi connectivity index (χ0v) is 12.9. The quantitative estimate of drug-likeness (QED) is 0.928. The van der Waals surface area contributed by atoms with E-state index in [4.69, 9.17) is 4.74 Å². The van der Waals surface area contributed by atoms with E-state index in [2.05, 4.69) is 50.3 Å². The Morgan fingerprint density at radius 3 is 3.16 bits per heavy atom. The van der Waals surface area contributed by atoms with Crippen LogP contribution in [0.1, 0.15) is 29.1 Å². The lowest BCUT2D eigenvalue weighted by molar-refractivity contribution is 0.109. The first kappa shape index (κ1) is 13.0. The number of thiophene rings is 1. The Balaban J connectivity index is 1.76. The van der Waals surface area contributed by atoms with Gasteiger partial charge in [0.1, 0.15) is 0 Å². The van der Waals surface area contributed by atoms with E-state index in [0.29, 0.717) is 12.6 Å². The molecule has 0 radical (unpaired) electrons. The second-order valence-corrected chi connectivity index (χ2v) is 6.97. The van der Waals surface area contributed by atoms with E-state index in [1.54, 1.807) is 11.3 Å². The molecular formula is C13H14BrN3OS. The molecule has 2 aromatic rings. The van der Waals surface area contributed by atoms with Crippen LogP contribution in [0, 0.1) is 0 Å². The molecule has 100 valence electrons. The van der Waals surface area contributed by atoms with Crippen LogP contribution < -0.4 is 5.32 Å². The number of nitrogens with zero attached hydrogens (tertiary/aromatic N) is 2. The average molecular weight is 340 g/mol. The average Bonchev–Trinajstić information content (AvgIpc) is 2.85. The van der Waals surface area contributed by atoms with Gasteiger partial charge in [-0.25, -0.2) is 9.97 Å². The van der Waals surface area contributed by atoms with Crippen LogP contribution in [0.3, 0.4) is 0 Å². The first-order chi connectivity index (χ1) is 9.22. The smallest absolute Gasteiger partial charge is 0.223 e. The van der Waals surface area contributed by atoms with Gasteiger partial charge >= 0.3 is 0 Å². The Labute approximate surface area is 124 Å². The fraction of sp³-hybridized carbons (Fsp3) is 0.385.